The lowest BCUT2D eigenvalue weighted by atomic mass is 10.1. The molecule has 6 heteroatoms. The molecule has 1 aromatic carbocycles. The molecule has 148 valence electrons. The summed E-state index contributed by atoms with van der Waals surface area (Å²) in [6.07, 6.45) is 8.16. The van der Waals surface area contributed by atoms with Crippen LogP contribution in [0.15, 0.2) is 24.3 Å². The highest BCUT2D eigenvalue weighted by atomic mass is 16.2. The van der Waals surface area contributed by atoms with Crippen LogP contribution >= 0.6 is 0 Å². The fourth-order valence-corrected chi connectivity index (χ4v) is 4.23. The van der Waals surface area contributed by atoms with Gasteiger partial charge in [0.2, 0.25) is 0 Å². The highest BCUT2D eigenvalue weighted by Gasteiger charge is 2.29. The molecule has 1 aliphatic carbocycles. The molecule has 2 N–H and O–H groups in total. The number of carbonyl (C=O) groups excluding carboxylic acids is 2. The zero-order valence-corrected chi connectivity index (χ0v) is 16.5. The third-order valence-electron chi connectivity index (χ3n) is 5.85. The molecule has 6 nitrogen and oxygen atoms in total. The SMILES string of the molecule is CCc1ccc(NC(=O)c2nc(C(=O)NC3CCCC3)c3n2CCCC3)cc1. The summed E-state index contributed by atoms with van der Waals surface area (Å²) in [4.78, 5) is 30.2. The van der Waals surface area contributed by atoms with E-state index >= 15 is 0 Å². The molecule has 0 bridgehead atoms. The van der Waals surface area contributed by atoms with Crippen molar-refractivity contribution < 1.29 is 9.59 Å². The van der Waals surface area contributed by atoms with Gasteiger partial charge in [0.25, 0.3) is 11.8 Å². The van der Waals surface area contributed by atoms with Crippen molar-refractivity contribution in [3.05, 3.63) is 47.0 Å². The van der Waals surface area contributed by atoms with Gasteiger partial charge < -0.3 is 15.2 Å². The van der Waals surface area contributed by atoms with Gasteiger partial charge in [-0.05, 0) is 56.2 Å². The Bertz CT molecular complexity index is 863. The number of carbonyl (C=O) groups is 2. The number of hydrogen-bond donors (Lipinski definition) is 2. The number of rotatable bonds is 5. The normalized spacial score (nSPS) is 16.6. The van der Waals surface area contributed by atoms with Gasteiger partial charge in [0, 0.05) is 18.3 Å². The zero-order chi connectivity index (χ0) is 19.5. The van der Waals surface area contributed by atoms with E-state index < -0.39 is 0 Å². The van der Waals surface area contributed by atoms with Crippen molar-refractivity contribution in [3.8, 4) is 0 Å². The van der Waals surface area contributed by atoms with Crippen LogP contribution in [0.1, 0.15) is 77.8 Å². The first-order valence-corrected chi connectivity index (χ1v) is 10.5. The fraction of sp³-hybridized carbons (Fsp3) is 0.500. The maximum absolute atomic E-state index is 12.9. The molecule has 1 fully saturated rings. The average Bonchev–Trinajstić information content (AvgIpc) is 3.36. The van der Waals surface area contributed by atoms with E-state index in [-0.39, 0.29) is 17.9 Å². The minimum Gasteiger partial charge on any atom is -0.348 e. The lowest BCUT2D eigenvalue weighted by Gasteiger charge is -2.17. The molecule has 2 amide bonds. The second-order valence-electron chi connectivity index (χ2n) is 7.80. The number of imidazole rings is 1. The van der Waals surface area contributed by atoms with Crippen molar-refractivity contribution in [2.24, 2.45) is 0 Å². The topological polar surface area (TPSA) is 76.0 Å². The molecule has 2 aliphatic rings. The second-order valence-corrected chi connectivity index (χ2v) is 7.80. The number of nitrogens with zero attached hydrogens (tertiary/aromatic N) is 2. The third-order valence-corrected chi connectivity index (χ3v) is 5.85. The smallest absolute Gasteiger partial charge is 0.291 e. The first-order chi connectivity index (χ1) is 13.7. The maximum Gasteiger partial charge on any atom is 0.291 e. The van der Waals surface area contributed by atoms with Crippen LogP contribution in [0.3, 0.4) is 0 Å². The van der Waals surface area contributed by atoms with E-state index in [4.69, 9.17) is 0 Å². The van der Waals surface area contributed by atoms with E-state index in [1.165, 1.54) is 5.56 Å². The highest BCUT2D eigenvalue weighted by molar-refractivity contribution is 6.03. The number of aryl methyl sites for hydroxylation is 1. The van der Waals surface area contributed by atoms with Crippen molar-refractivity contribution in [1.29, 1.82) is 0 Å². The lowest BCUT2D eigenvalue weighted by molar-refractivity contribution is 0.0931. The van der Waals surface area contributed by atoms with E-state index in [1.807, 2.05) is 28.8 Å². The van der Waals surface area contributed by atoms with Gasteiger partial charge in [0.05, 0.1) is 5.69 Å². The zero-order valence-electron chi connectivity index (χ0n) is 16.5. The summed E-state index contributed by atoms with van der Waals surface area (Å²) < 4.78 is 1.93. The van der Waals surface area contributed by atoms with E-state index in [0.29, 0.717) is 11.5 Å². The second kappa shape index (κ2) is 8.17. The summed E-state index contributed by atoms with van der Waals surface area (Å²) in [5.41, 5.74) is 3.29. The monoisotopic (exact) mass is 380 g/mol. The quantitative estimate of drug-likeness (QED) is 0.830. The first kappa shape index (κ1) is 18.7. The number of fused-ring (bicyclic) bond motifs is 1. The predicted octanol–water partition coefficient (Wildman–Crippen LogP) is 3.71. The summed E-state index contributed by atoms with van der Waals surface area (Å²) in [7, 11) is 0. The standard InChI is InChI=1S/C22H28N4O2/c1-2-15-10-12-17(13-11-15)24-22(28)20-25-19(18-9-5-6-14-26(18)20)21(27)23-16-7-3-4-8-16/h10-13,16H,2-9,14H2,1H3,(H,23,27)(H,24,28). The van der Waals surface area contributed by atoms with Gasteiger partial charge in [-0.15, -0.1) is 0 Å². The molecule has 0 radical (unpaired) electrons. The Hall–Kier alpha value is -2.63. The Morgan fingerprint density at radius 2 is 1.82 bits per heavy atom. The van der Waals surface area contributed by atoms with Crippen molar-refractivity contribution in [3.63, 3.8) is 0 Å². The Morgan fingerprint density at radius 3 is 2.54 bits per heavy atom. The molecule has 2 heterocycles. The van der Waals surface area contributed by atoms with Crippen LogP contribution in [0.5, 0.6) is 0 Å². The molecule has 0 atom stereocenters. The molecule has 1 aliphatic heterocycles. The van der Waals surface area contributed by atoms with Crippen molar-refractivity contribution in [1.82, 2.24) is 14.9 Å². The van der Waals surface area contributed by atoms with Crippen LogP contribution in [0.4, 0.5) is 5.69 Å². The van der Waals surface area contributed by atoms with E-state index in [9.17, 15) is 9.59 Å². The van der Waals surface area contributed by atoms with Gasteiger partial charge in [-0.3, -0.25) is 9.59 Å². The molecular weight excluding hydrogens is 352 g/mol. The number of anilines is 1. The van der Waals surface area contributed by atoms with Crippen molar-refractivity contribution in [2.75, 3.05) is 5.32 Å². The Balaban J connectivity index is 1.56. The van der Waals surface area contributed by atoms with Gasteiger partial charge >= 0.3 is 0 Å². The van der Waals surface area contributed by atoms with Gasteiger partial charge in [-0.1, -0.05) is 31.9 Å². The van der Waals surface area contributed by atoms with Gasteiger partial charge in [0.1, 0.15) is 5.69 Å². The van der Waals surface area contributed by atoms with E-state index in [0.717, 1.165) is 69.3 Å². The average molecular weight is 380 g/mol. The van der Waals surface area contributed by atoms with Crippen LogP contribution in [0, 0.1) is 0 Å². The number of amides is 2. The minimum absolute atomic E-state index is 0.135. The summed E-state index contributed by atoms with van der Waals surface area (Å²) in [5.74, 6) is -0.0537. The number of aromatic nitrogens is 2. The molecular formula is C22H28N4O2. The van der Waals surface area contributed by atoms with Gasteiger partial charge in [-0.2, -0.15) is 0 Å². The fourth-order valence-electron chi connectivity index (χ4n) is 4.23. The molecule has 2 aromatic rings. The summed E-state index contributed by atoms with van der Waals surface area (Å²) in [6.45, 7) is 2.83. The van der Waals surface area contributed by atoms with Crippen LogP contribution < -0.4 is 10.6 Å². The summed E-state index contributed by atoms with van der Waals surface area (Å²) in [6, 6.07) is 8.08. The van der Waals surface area contributed by atoms with E-state index in [2.05, 4.69) is 22.5 Å². The van der Waals surface area contributed by atoms with Crippen molar-refractivity contribution in [2.45, 2.75) is 70.9 Å². The maximum atomic E-state index is 12.9. The molecule has 4 rings (SSSR count). The number of benzene rings is 1. The molecule has 28 heavy (non-hydrogen) atoms. The van der Waals surface area contributed by atoms with Crippen molar-refractivity contribution >= 4 is 17.5 Å². The molecule has 0 saturated heterocycles. The van der Waals surface area contributed by atoms with E-state index in [1.54, 1.807) is 0 Å². The molecule has 1 saturated carbocycles. The van der Waals surface area contributed by atoms with Crippen LogP contribution in [0.2, 0.25) is 0 Å². The Kier molecular flexibility index (Phi) is 5.46. The number of nitrogens with one attached hydrogen (secondary N) is 2. The first-order valence-electron chi connectivity index (χ1n) is 10.5. The molecule has 0 spiro atoms. The van der Waals surface area contributed by atoms with Crippen LogP contribution in [-0.4, -0.2) is 27.4 Å². The highest BCUT2D eigenvalue weighted by Crippen LogP contribution is 2.23. The Labute approximate surface area is 165 Å². The molecule has 1 aromatic heterocycles. The van der Waals surface area contributed by atoms with Gasteiger partial charge in [-0.25, -0.2) is 4.98 Å². The Morgan fingerprint density at radius 1 is 1.07 bits per heavy atom. The van der Waals surface area contributed by atoms with Gasteiger partial charge in [0.15, 0.2) is 5.82 Å². The third kappa shape index (κ3) is 3.81. The summed E-state index contributed by atoms with van der Waals surface area (Å²) >= 11 is 0. The molecule has 0 unspecified atom stereocenters. The minimum atomic E-state index is -0.257. The largest absolute Gasteiger partial charge is 0.348 e. The summed E-state index contributed by atoms with van der Waals surface area (Å²) in [5, 5.41) is 6.04. The predicted molar refractivity (Wildman–Crippen MR) is 109 cm³/mol. The van der Waals surface area contributed by atoms with Crippen LogP contribution in [-0.2, 0) is 19.4 Å². The van der Waals surface area contributed by atoms with Crippen LogP contribution in [0.25, 0.3) is 0 Å². The lowest BCUT2D eigenvalue weighted by Crippen LogP contribution is -2.33. The number of hydrogen-bond acceptors (Lipinski definition) is 3.